The van der Waals surface area contributed by atoms with Crippen molar-refractivity contribution in [1.29, 1.82) is 0 Å². The van der Waals surface area contributed by atoms with Crippen LogP contribution in [0, 0.1) is 39.2 Å². The van der Waals surface area contributed by atoms with Crippen LogP contribution in [0.4, 0.5) is 0 Å². The van der Waals surface area contributed by atoms with E-state index < -0.39 is 0 Å². The van der Waals surface area contributed by atoms with E-state index in [0.29, 0.717) is 11.8 Å². The first-order valence-corrected chi connectivity index (χ1v) is 9.94. The van der Waals surface area contributed by atoms with Gasteiger partial charge < -0.3 is 0 Å². The van der Waals surface area contributed by atoms with Crippen LogP contribution >= 0.6 is 0 Å². The molecule has 24 heavy (non-hydrogen) atoms. The number of rotatable bonds is 2. The van der Waals surface area contributed by atoms with E-state index in [4.69, 9.17) is 0 Å². The Morgan fingerprint density at radius 2 is 1.42 bits per heavy atom. The molecule has 4 aliphatic carbocycles. The van der Waals surface area contributed by atoms with E-state index in [2.05, 4.69) is 24.3 Å². The Morgan fingerprint density at radius 3 is 1.96 bits per heavy atom. The molecule has 1 unspecified atom stereocenters. The molecule has 3 heteroatoms. The molecule has 0 heterocycles. The van der Waals surface area contributed by atoms with E-state index in [0.717, 1.165) is 11.8 Å². The minimum Gasteiger partial charge on any atom is -0.264 e. The summed E-state index contributed by atoms with van der Waals surface area (Å²) in [4.78, 5) is 12.2. The third-order valence-corrected chi connectivity index (χ3v) is 8.12. The highest BCUT2D eigenvalue weighted by atomic mass is 16.6. The maximum Gasteiger partial charge on any atom is 0.227 e. The molecule has 0 aliphatic heterocycles. The van der Waals surface area contributed by atoms with Gasteiger partial charge in [0.05, 0.1) is 11.3 Å². The van der Waals surface area contributed by atoms with Crippen molar-refractivity contribution in [1.82, 2.24) is 0 Å². The zero-order valence-corrected chi connectivity index (χ0v) is 14.3. The normalized spacial score (nSPS) is 46.3. The summed E-state index contributed by atoms with van der Waals surface area (Å²) in [6.07, 6.45) is 10.4. The van der Waals surface area contributed by atoms with Gasteiger partial charge in [0.25, 0.3) is 0 Å². The summed E-state index contributed by atoms with van der Waals surface area (Å²) in [6.45, 7) is 0. The van der Waals surface area contributed by atoms with Gasteiger partial charge in [-0.1, -0.05) is 56.0 Å². The van der Waals surface area contributed by atoms with E-state index in [9.17, 15) is 10.1 Å². The van der Waals surface area contributed by atoms with Crippen LogP contribution in [0.5, 0.6) is 0 Å². The molecule has 3 nitrogen and oxygen atoms in total. The van der Waals surface area contributed by atoms with Gasteiger partial charge in [-0.15, -0.1) is 0 Å². The summed E-state index contributed by atoms with van der Waals surface area (Å²) < 4.78 is 0. The summed E-state index contributed by atoms with van der Waals surface area (Å²) in [5.74, 6) is 2.95. The van der Waals surface area contributed by atoms with Crippen molar-refractivity contribution in [3.63, 3.8) is 0 Å². The lowest BCUT2D eigenvalue weighted by molar-refractivity contribution is -0.506. The molecule has 0 aromatic heterocycles. The van der Waals surface area contributed by atoms with Crippen molar-refractivity contribution in [2.24, 2.45) is 29.1 Å². The van der Waals surface area contributed by atoms with E-state index in [1.165, 1.54) is 56.9 Å². The lowest BCUT2D eigenvalue weighted by atomic mass is 9.73. The molecular weight excluding hydrogens is 298 g/mol. The molecule has 4 aliphatic rings. The SMILES string of the molecule is O=[N+]([O-])[C@@H]1[C@H](c2ccccc2)C12[C@@H]1CCCC[C@@H]1[C@H]1CCCC[C@@H]12. The summed E-state index contributed by atoms with van der Waals surface area (Å²) >= 11 is 0. The molecule has 1 spiro atoms. The minimum absolute atomic E-state index is 0.0129. The molecule has 0 radical (unpaired) electrons. The smallest absolute Gasteiger partial charge is 0.227 e. The van der Waals surface area contributed by atoms with Gasteiger partial charge in [0.1, 0.15) is 0 Å². The molecule has 4 saturated carbocycles. The van der Waals surface area contributed by atoms with Gasteiger partial charge >= 0.3 is 0 Å². The van der Waals surface area contributed by atoms with Crippen molar-refractivity contribution in [3.8, 4) is 0 Å². The van der Waals surface area contributed by atoms with Crippen molar-refractivity contribution < 1.29 is 4.92 Å². The minimum atomic E-state index is -0.321. The first-order valence-electron chi connectivity index (χ1n) is 9.94. The molecule has 0 amide bonds. The van der Waals surface area contributed by atoms with Crippen molar-refractivity contribution in [2.75, 3.05) is 0 Å². The van der Waals surface area contributed by atoms with E-state index in [1.54, 1.807) is 0 Å². The number of nitro groups is 1. The van der Waals surface area contributed by atoms with E-state index >= 15 is 0 Å². The number of fused-ring (bicyclic) bond motifs is 5. The Labute approximate surface area is 144 Å². The number of hydrogen-bond donors (Lipinski definition) is 0. The highest BCUT2D eigenvalue weighted by molar-refractivity contribution is 5.39. The molecule has 0 bridgehead atoms. The third kappa shape index (κ3) is 1.79. The molecule has 0 N–H and O–H groups in total. The van der Waals surface area contributed by atoms with Crippen LogP contribution in [0.1, 0.15) is 62.8 Å². The fourth-order valence-corrected chi connectivity index (χ4v) is 7.60. The lowest BCUT2D eigenvalue weighted by Crippen LogP contribution is -2.28. The van der Waals surface area contributed by atoms with Crippen LogP contribution in [-0.4, -0.2) is 11.0 Å². The van der Waals surface area contributed by atoms with Gasteiger partial charge in [-0.3, -0.25) is 10.1 Å². The molecular formula is C21H27NO2. The molecule has 4 fully saturated rings. The predicted molar refractivity (Wildman–Crippen MR) is 93.3 cm³/mol. The second-order valence-corrected chi connectivity index (χ2v) is 8.73. The average Bonchev–Trinajstić information content (AvgIpc) is 3.25. The second-order valence-electron chi connectivity index (χ2n) is 8.73. The highest BCUT2D eigenvalue weighted by Gasteiger charge is 2.83. The Kier molecular flexibility index (Phi) is 3.30. The zero-order valence-electron chi connectivity index (χ0n) is 14.3. The van der Waals surface area contributed by atoms with E-state index in [1.807, 2.05) is 6.07 Å². The topological polar surface area (TPSA) is 43.1 Å². The number of nitrogens with zero attached hydrogens (tertiary/aromatic N) is 1. The standard InChI is InChI=1S/C21H27NO2/c23-22(24)20-19(14-8-2-1-3-9-14)21(20)17-12-6-4-10-15(17)16-11-5-7-13-18(16)21/h1-3,8-9,15-20H,4-7,10-13H2/t15-,16-,17-,18+,19+,20-,21?/m1/s1. The van der Waals surface area contributed by atoms with Gasteiger partial charge in [-0.25, -0.2) is 0 Å². The largest absolute Gasteiger partial charge is 0.264 e. The summed E-state index contributed by atoms with van der Waals surface area (Å²) in [6, 6.07) is 10.1. The average molecular weight is 325 g/mol. The van der Waals surface area contributed by atoms with Gasteiger partial charge in [0, 0.05) is 4.92 Å². The van der Waals surface area contributed by atoms with Gasteiger partial charge in [0.2, 0.25) is 6.04 Å². The van der Waals surface area contributed by atoms with Crippen molar-refractivity contribution in [3.05, 3.63) is 46.0 Å². The van der Waals surface area contributed by atoms with Crippen LogP contribution in [-0.2, 0) is 0 Å². The van der Waals surface area contributed by atoms with Gasteiger partial charge in [0.15, 0.2) is 0 Å². The Morgan fingerprint density at radius 1 is 0.875 bits per heavy atom. The fourth-order valence-electron chi connectivity index (χ4n) is 7.60. The predicted octanol–water partition coefficient (Wildman–Crippen LogP) is 5.04. The first kappa shape index (κ1) is 14.9. The molecule has 0 saturated heterocycles. The van der Waals surface area contributed by atoms with Gasteiger partial charge in [-0.2, -0.15) is 0 Å². The molecule has 128 valence electrons. The monoisotopic (exact) mass is 325 g/mol. The molecule has 1 aromatic rings. The highest BCUT2D eigenvalue weighted by Crippen LogP contribution is 2.79. The fraction of sp³-hybridized carbons (Fsp3) is 0.714. The Hall–Kier alpha value is -1.38. The van der Waals surface area contributed by atoms with Crippen LogP contribution in [0.15, 0.2) is 30.3 Å². The Bertz CT molecular complexity index is 620. The molecule has 7 atom stereocenters. The maximum atomic E-state index is 12.1. The lowest BCUT2D eigenvalue weighted by Gasteiger charge is -2.32. The van der Waals surface area contributed by atoms with Crippen LogP contribution < -0.4 is 0 Å². The summed E-state index contributed by atoms with van der Waals surface area (Å²) in [5.41, 5.74) is 1.22. The van der Waals surface area contributed by atoms with Crippen molar-refractivity contribution in [2.45, 2.75) is 63.3 Å². The summed E-state index contributed by atoms with van der Waals surface area (Å²) in [5, 5.41) is 12.1. The molecule has 1 aromatic carbocycles. The third-order valence-electron chi connectivity index (χ3n) is 8.12. The van der Waals surface area contributed by atoms with Crippen molar-refractivity contribution >= 4 is 0 Å². The zero-order chi connectivity index (χ0) is 16.3. The number of benzene rings is 1. The van der Waals surface area contributed by atoms with Gasteiger partial charge in [-0.05, 0) is 54.9 Å². The molecule has 5 rings (SSSR count). The van der Waals surface area contributed by atoms with E-state index in [-0.39, 0.29) is 22.3 Å². The van der Waals surface area contributed by atoms with Crippen LogP contribution in [0.3, 0.4) is 0 Å². The van der Waals surface area contributed by atoms with Crippen LogP contribution in [0.2, 0.25) is 0 Å². The quantitative estimate of drug-likeness (QED) is 0.564. The maximum absolute atomic E-state index is 12.1. The van der Waals surface area contributed by atoms with Crippen LogP contribution in [0.25, 0.3) is 0 Å². The number of hydrogen-bond acceptors (Lipinski definition) is 2. The Balaban J connectivity index is 1.62. The first-order chi connectivity index (χ1) is 11.8. The summed E-state index contributed by atoms with van der Waals surface area (Å²) in [7, 11) is 0. The second kappa shape index (κ2) is 5.31.